The number of hydrogen-bond acceptors (Lipinski definition) is 1. The van der Waals surface area contributed by atoms with Crippen LogP contribution in [0.4, 0.5) is 13.2 Å². The van der Waals surface area contributed by atoms with Crippen molar-refractivity contribution >= 4 is 10.9 Å². The molecule has 1 aromatic heterocycles. The maximum atomic E-state index is 13.4. The lowest BCUT2D eigenvalue weighted by Gasteiger charge is -1.98. The molecule has 0 bridgehead atoms. The quantitative estimate of drug-likeness (QED) is 0.625. The minimum absolute atomic E-state index is 0.0807. The molecule has 2 N–H and O–H groups in total. The van der Waals surface area contributed by atoms with E-state index in [4.69, 9.17) is 0 Å². The summed E-state index contributed by atoms with van der Waals surface area (Å²) >= 11 is 0. The monoisotopic (exact) mass is 242 g/mol. The summed E-state index contributed by atoms with van der Waals surface area (Å²) in [5, 5.41) is 3.20. The van der Waals surface area contributed by atoms with Gasteiger partial charge >= 0.3 is 0 Å². The first-order valence-corrected chi connectivity index (χ1v) is 5.49. The van der Waals surface area contributed by atoms with Crippen LogP contribution < -0.4 is 5.32 Å². The number of halogens is 3. The molecule has 0 unspecified atom stereocenters. The van der Waals surface area contributed by atoms with Gasteiger partial charge in [-0.3, -0.25) is 0 Å². The number of aromatic nitrogens is 1. The lowest BCUT2D eigenvalue weighted by Crippen LogP contribution is -2.13. The van der Waals surface area contributed by atoms with Crippen molar-refractivity contribution in [1.82, 2.24) is 10.3 Å². The normalized spacial score (nSPS) is 11.3. The van der Waals surface area contributed by atoms with Crippen LogP contribution in [-0.4, -0.2) is 11.5 Å². The highest BCUT2D eigenvalue weighted by Crippen LogP contribution is 2.23. The summed E-state index contributed by atoms with van der Waals surface area (Å²) in [6.07, 6.45) is 0.984. The van der Waals surface area contributed by atoms with Gasteiger partial charge in [-0.1, -0.05) is 6.92 Å². The van der Waals surface area contributed by atoms with Crippen LogP contribution in [0.1, 0.15) is 19.0 Å². The number of aromatic amines is 1. The molecule has 0 saturated heterocycles. The third-order valence-electron chi connectivity index (χ3n) is 2.56. The van der Waals surface area contributed by atoms with E-state index in [1.807, 2.05) is 6.92 Å². The average molecular weight is 242 g/mol. The van der Waals surface area contributed by atoms with Crippen LogP contribution in [0.5, 0.6) is 0 Å². The minimum Gasteiger partial charge on any atom is -0.357 e. The Bertz CT molecular complexity index is 534. The first kappa shape index (κ1) is 12.0. The zero-order valence-electron chi connectivity index (χ0n) is 9.41. The van der Waals surface area contributed by atoms with Crippen molar-refractivity contribution in [2.75, 3.05) is 6.54 Å². The maximum absolute atomic E-state index is 13.4. The van der Waals surface area contributed by atoms with Crippen LogP contribution in [0, 0.1) is 17.5 Å². The van der Waals surface area contributed by atoms with Crippen LogP contribution in [0.25, 0.3) is 10.9 Å². The molecular formula is C12H13F3N2. The molecule has 0 amide bonds. The topological polar surface area (TPSA) is 27.8 Å². The molecule has 0 aliphatic heterocycles. The van der Waals surface area contributed by atoms with Gasteiger partial charge in [0.15, 0.2) is 17.5 Å². The fourth-order valence-electron chi connectivity index (χ4n) is 1.73. The van der Waals surface area contributed by atoms with E-state index in [1.54, 1.807) is 0 Å². The van der Waals surface area contributed by atoms with E-state index in [1.165, 1.54) is 6.07 Å². The van der Waals surface area contributed by atoms with Gasteiger partial charge in [-0.15, -0.1) is 0 Å². The van der Waals surface area contributed by atoms with Crippen LogP contribution >= 0.6 is 0 Å². The van der Waals surface area contributed by atoms with E-state index in [0.29, 0.717) is 12.2 Å². The van der Waals surface area contributed by atoms with Crippen LogP contribution in [-0.2, 0) is 6.54 Å². The summed E-state index contributed by atoms with van der Waals surface area (Å²) in [5.41, 5.74) is 0.979. The summed E-state index contributed by atoms with van der Waals surface area (Å²) in [6, 6.07) is 2.47. The zero-order valence-corrected chi connectivity index (χ0v) is 9.41. The largest absolute Gasteiger partial charge is 0.357 e. The second-order valence-electron chi connectivity index (χ2n) is 3.92. The van der Waals surface area contributed by atoms with E-state index in [9.17, 15) is 13.2 Å². The number of nitrogens with one attached hydrogen (secondary N) is 2. The fraction of sp³-hybridized carbons (Fsp3) is 0.333. The first-order chi connectivity index (χ1) is 8.13. The van der Waals surface area contributed by atoms with Gasteiger partial charge in [0, 0.05) is 23.7 Å². The maximum Gasteiger partial charge on any atom is 0.195 e. The van der Waals surface area contributed by atoms with Crippen molar-refractivity contribution in [3.05, 3.63) is 35.3 Å². The van der Waals surface area contributed by atoms with Crippen molar-refractivity contribution in [1.29, 1.82) is 0 Å². The molecule has 2 aromatic rings. The molecule has 1 heterocycles. The van der Waals surface area contributed by atoms with E-state index < -0.39 is 17.5 Å². The Kier molecular flexibility index (Phi) is 3.38. The SMILES string of the molecule is CCCNCc1cc2c(F)c(F)c(F)cc2[nH]1. The molecule has 1 aromatic carbocycles. The Labute approximate surface area is 96.8 Å². The van der Waals surface area contributed by atoms with Crippen LogP contribution in [0.15, 0.2) is 12.1 Å². The molecule has 0 aliphatic carbocycles. The van der Waals surface area contributed by atoms with Gasteiger partial charge in [-0.05, 0) is 19.0 Å². The lowest BCUT2D eigenvalue weighted by molar-refractivity contribution is 0.453. The second-order valence-corrected chi connectivity index (χ2v) is 3.92. The number of hydrogen-bond donors (Lipinski definition) is 2. The van der Waals surface area contributed by atoms with Crippen molar-refractivity contribution < 1.29 is 13.2 Å². The second kappa shape index (κ2) is 4.79. The molecule has 0 saturated carbocycles. The Morgan fingerprint density at radius 3 is 2.65 bits per heavy atom. The smallest absolute Gasteiger partial charge is 0.195 e. The predicted molar refractivity (Wildman–Crippen MR) is 60.2 cm³/mol. The van der Waals surface area contributed by atoms with Gasteiger partial charge in [0.2, 0.25) is 0 Å². The van der Waals surface area contributed by atoms with Crippen molar-refractivity contribution in [3.8, 4) is 0 Å². The number of H-pyrrole nitrogens is 1. The third-order valence-corrected chi connectivity index (χ3v) is 2.56. The molecule has 5 heteroatoms. The highest BCUT2D eigenvalue weighted by molar-refractivity contribution is 5.81. The van der Waals surface area contributed by atoms with E-state index in [2.05, 4.69) is 10.3 Å². The van der Waals surface area contributed by atoms with Crippen LogP contribution in [0.2, 0.25) is 0 Å². The summed E-state index contributed by atoms with van der Waals surface area (Å²) < 4.78 is 39.4. The molecule has 0 spiro atoms. The van der Waals surface area contributed by atoms with E-state index in [0.717, 1.165) is 19.0 Å². The van der Waals surface area contributed by atoms with Gasteiger partial charge in [-0.25, -0.2) is 13.2 Å². The lowest BCUT2D eigenvalue weighted by atomic mass is 10.2. The Balaban J connectivity index is 2.34. The molecule has 0 aliphatic rings. The average Bonchev–Trinajstić information content (AvgIpc) is 2.70. The fourth-order valence-corrected chi connectivity index (χ4v) is 1.73. The van der Waals surface area contributed by atoms with E-state index in [-0.39, 0.29) is 10.9 Å². The Morgan fingerprint density at radius 1 is 1.18 bits per heavy atom. The Hall–Kier alpha value is -1.49. The molecular weight excluding hydrogens is 229 g/mol. The van der Waals surface area contributed by atoms with Crippen molar-refractivity contribution in [2.24, 2.45) is 0 Å². The van der Waals surface area contributed by atoms with Crippen LogP contribution in [0.3, 0.4) is 0 Å². The van der Waals surface area contributed by atoms with E-state index >= 15 is 0 Å². The zero-order chi connectivity index (χ0) is 12.4. The van der Waals surface area contributed by atoms with Crippen molar-refractivity contribution in [3.63, 3.8) is 0 Å². The predicted octanol–water partition coefficient (Wildman–Crippen LogP) is 3.08. The highest BCUT2D eigenvalue weighted by atomic mass is 19.2. The number of benzene rings is 1. The Morgan fingerprint density at radius 2 is 1.94 bits per heavy atom. The molecule has 0 fully saturated rings. The highest BCUT2D eigenvalue weighted by Gasteiger charge is 2.15. The molecule has 2 nitrogen and oxygen atoms in total. The van der Waals surface area contributed by atoms with Gasteiger partial charge in [0.25, 0.3) is 0 Å². The first-order valence-electron chi connectivity index (χ1n) is 5.49. The van der Waals surface area contributed by atoms with Crippen molar-refractivity contribution in [2.45, 2.75) is 19.9 Å². The van der Waals surface area contributed by atoms with Gasteiger partial charge < -0.3 is 10.3 Å². The van der Waals surface area contributed by atoms with Gasteiger partial charge in [0.1, 0.15) is 0 Å². The molecule has 92 valence electrons. The molecule has 2 rings (SSSR count). The standard InChI is InChI=1S/C12H13F3N2/c1-2-3-16-6-7-4-8-10(17-7)5-9(13)12(15)11(8)14/h4-5,16-17H,2-3,6H2,1H3. The van der Waals surface area contributed by atoms with Gasteiger partial charge in [-0.2, -0.15) is 0 Å². The minimum atomic E-state index is -1.43. The summed E-state index contributed by atoms with van der Waals surface area (Å²) in [6.45, 7) is 3.38. The summed E-state index contributed by atoms with van der Waals surface area (Å²) in [5.74, 6) is -3.74. The summed E-state index contributed by atoms with van der Waals surface area (Å²) in [7, 11) is 0. The van der Waals surface area contributed by atoms with Gasteiger partial charge in [0.05, 0.1) is 5.52 Å². The summed E-state index contributed by atoms with van der Waals surface area (Å²) in [4.78, 5) is 2.85. The number of fused-ring (bicyclic) bond motifs is 1. The molecule has 0 atom stereocenters. The third kappa shape index (κ3) is 2.29. The molecule has 0 radical (unpaired) electrons. The molecule has 17 heavy (non-hydrogen) atoms. The number of rotatable bonds is 4.